The third-order valence-corrected chi connectivity index (χ3v) is 5.39. The first-order valence-electron chi connectivity index (χ1n) is 10.7. The zero-order chi connectivity index (χ0) is 26.1. The number of rotatable bonds is 8. The zero-order valence-electron chi connectivity index (χ0n) is 19.5. The van der Waals surface area contributed by atoms with Gasteiger partial charge in [-0.2, -0.15) is 5.26 Å². The summed E-state index contributed by atoms with van der Waals surface area (Å²) in [6.45, 7) is 1.69. The first kappa shape index (κ1) is 26.2. The predicted octanol–water partition coefficient (Wildman–Crippen LogP) is 5.11. The van der Waals surface area contributed by atoms with Crippen molar-refractivity contribution in [1.82, 2.24) is 0 Å². The minimum Gasteiger partial charge on any atom is -0.483 e. The number of esters is 1. The highest BCUT2D eigenvalue weighted by molar-refractivity contribution is 9.10. The topological polar surface area (TPSA) is 118 Å². The lowest BCUT2D eigenvalue weighted by atomic mass is 10.1. The highest BCUT2D eigenvalue weighted by Crippen LogP contribution is 2.26. The van der Waals surface area contributed by atoms with Gasteiger partial charge in [-0.25, -0.2) is 4.79 Å². The van der Waals surface area contributed by atoms with Gasteiger partial charge in [0.25, 0.3) is 11.8 Å². The van der Waals surface area contributed by atoms with E-state index in [9.17, 15) is 19.6 Å². The number of carbonyl (C=O) groups is 3. The van der Waals surface area contributed by atoms with E-state index in [0.29, 0.717) is 32.7 Å². The Bertz CT molecular complexity index is 1340. The molecule has 3 aromatic rings. The lowest BCUT2D eigenvalue weighted by molar-refractivity contribution is -0.118. The molecular formula is C27H22BrN3O5. The molecule has 0 atom stereocenters. The second-order valence-electron chi connectivity index (χ2n) is 7.58. The molecule has 182 valence electrons. The van der Waals surface area contributed by atoms with Gasteiger partial charge in [0.2, 0.25) is 0 Å². The van der Waals surface area contributed by atoms with Crippen molar-refractivity contribution >= 4 is 51.2 Å². The number of anilines is 2. The van der Waals surface area contributed by atoms with Crippen LogP contribution in [0.25, 0.3) is 6.08 Å². The summed E-state index contributed by atoms with van der Waals surface area (Å²) in [7, 11) is 1.28. The minimum atomic E-state index is -0.647. The number of ether oxygens (including phenoxy) is 2. The van der Waals surface area contributed by atoms with E-state index in [1.54, 1.807) is 30.3 Å². The van der Waals surface area contributed by atoms with E-state index < -0.39 is 11.9 Å². The van der Waals surface area contributed by atoms with Crippen molar-refractivity contribution in [2.24, 2.45) is 0 Å². The Balaban J connectivity index is 1.72. The number of hydrogen-bond donors (Lipinski definition) is 2. The summed E-state index contributed by atoms with van der Waals surface area (Å²) < 4.78 is 11.0. The molecular weight excluding hydrogens is 526 g/mol. The lowest BCUT2D eigenvalue weighted by Gasteiger charge is -2.11. The van der Waals surface area contributed by atoms with Crippen LogP contribution in [0.1, 0.15) is 21.5 Å². The molecule has 2 amide bonds. The number of hydrogen-bond acceptors (Lipinski definition) is 6. The van der Waals surface area contributed by atoms with Crippen LogP contribution in [0.3, 0.4) is 0 Å². The molecule has 0 saturated heterocycles. The number of nitrogens with one attached hydrogen (secondary N) is 2. The van der Waals surface area contributed by atoms with Crippen molar-refractivity contribution < 1.29 is 23.9 Å². The van der Waals surface area contributed by atoms with E-state index in [1.807, 2.05) is 25.1 Å². The fourth-order valence-electron chi connectivity index (χ4n) is 3.05. The maximum absolute atomic E-state index is 12.7. The van der Waals surface area contributed by atoms with Crippen LogP contribution in [0.5, 0.6) is 5.75 Å². The van der Waals surface area contributed by atoms with E-state index in [2.05, 4.69) is 31.3 Å². The molecule has 0 aromatic heterocycles. The van der Waals surface area contributed by atoms with Crippen LogP contribution in [0.4, 0.5) is 11.4 Å². The third kappa shape index (κ3) is 7.29. The molecule has 36 heavy (non-hydrogen) atoms. The first-order chi connectivity index (χ1) is 17.3. The standard InChI is InChI=1S/C27H22BrN3O5/c1-17-3-8-22(9-4-17)30-25(32)16-36-24-12-7-21(28)14-19(24)13-20(15-29)26(33)31-23-10-5-18(6-11-23)27(34)35-2/h3-14H,16H2,1-2H3,(H,30,32)(H,31,33)/b20-13+. The monoisotopic (exact) mass is 547 g/mol. The fraction of sp³-hybridized carbons (Fsp3) is 0.111. The van der Waals surface area contributed by atoms with Gasteiger partial charge in [0, 0.05) is 21.4 Å². The summed E-state index contributed by atoms with van der Waals surface area (Å²) >= 11 is 3.37. The van der Waals surface area contributed by atoms with Gasteiger partial charge in [-0.15, -0.1) is 0 Å². The number of benzene rings is 3. The molecule has 0 fully saturated rings. The van der Waals surface area contributed by atoms with Gasteiger partial charge >= 0.3 is 5.97 Å². The van der Waals surface area contributed by atoms with Crippen LogP contribution in [-0.4, -0.2) is 31.5 Å². The van der Waals surface area contributed by atoms with Crippen LogP contribution in [-0.2, 0) is 14.3 Å². The molecule has 0 unspecified atom stereocenters. The first-order valence-corrected chi connectivity index (χ1v) is 11.5. The normalized spacial score (nSPS) is 10.7. The molecule has 3 rings (SSSR count). The Morgan fingerprint density at radius 3 is 2.25 bits per heavy atom. The molecule has 0 spiro atoms. The smallest absolute Gasteiger partial charge is 0.337 e. The molecule has 3 aromatic carbocycles. The molecule has 0 aliphatic heterocycles. The molecule has 0 bridgehead atoms. The number of methoxy groups -OCH3 is 1. The quantitative estimate of drug-likeness (QED) is 0.230. The highest BCUT2D eigenvalue weighted by Gasteiger charge is 2.14. The van der Waals surface area contributed by atoms with Gasteiger partial charge in [0.05, 0.1) is 12.7 Å². The van der Waals surface area contributed by atoms with Gasteiger partial charge in [0.15, 0.2) is 6.61 Å². The van der Waals surface area contributed by atoms with Crippen LogP contribution in [0, 0.1) is 18.3 Å². The summed E-state index contributed by atoms with van der Waals surface area (Å²) in [5, 5.41) is 15.0. The summed E-state index contributed by atoms with van der Waals surface area (Å²) in [6, 6.07) is 20.3. The number of nitriles is 1. The summed E-state index contributed by atoms with van der Waals surface area (Å²) in [5.41, 5.74) is 2.69. The Hall–Kier alpha value is -4.42. The number of aryl methyl sites for hydroxylation is 1. The average Bonchev–Trinajstić information content (AvgIpc) is 2.88. The second kappa shape index (κ2) is 12.3. The van der Waals surface area contributed by atoms with Gasteiger partial charge in [-0.1, -0.05) is 33.6 Å². The van der Waals surface area contributed by atoms with E-state index >= 15 is 0 Å². The van der Waals surface area contributed by atoms with E-state index in [0.717, 1.165) is 5.56 Å². The number of nitrogens with zero attached hydrogens (tertiary/aromatic N) is 1. The van der Waals surface area contributed by atoms with Crippen LogP contribution in [0.15, 0.2) is 76.8 Å². The van der Waals surface area contributed by atoms with Gasteiger partial charge in [-0.05, 0) is 67.6 Å². The highest BCUT2D eigenvalue weighted by atomic mass is 79.9. The molecule has 0 heterocycles. The lowest BCUT2D eigenvalue weighted by Crippen LogP contribution is -2.20. The SMILES string of the molecule is COC(=O)c1ccc(NC(=O)/C(C#N)=C/c2cc(Br)ccc2OCC(=O)Nc2ccc(C)cc2)cc1. The van der Waals surface area contributed by atoms with Crippen molar-refractivity contribution in [2.75, 3.05) is 24.4 Å². The predicted molar refractivity (Wildman–Crippen MR) is 139 cm³/mol. The maximum atomic E-state index is 12.7. The van der Waals surface area contributed by atoms with Gasteiger partial charge in [-0.3, -0.25) is 9.59 Å². The number of carbonyl (C=O) groups excluding carboxylic acids is 3. The average molecular weight is 548 g/mol. The van der Waals surface area contributed by atoms with E-state index in [4.69, 9.17) is 4.74 Å². The minimum absolute atomic E-state index is 0.181. The molecule has 0 radical (unpaired) electrons. The van der Waals surface area contributed by atoms with Crippen molar-refractivity contribution in [1.29, 1.82) is 5.26 Å². The van der Waals surface area contributed by atoms with Crippen molar-refractivity contribution in [3.8, 4) is 11.8 Å². The number of amides is 2. The second-order valence-corrected chi connectivity index (χ2v) is 8.49. The molecule has 0 saturated carbocycles. The summed E-state index contributed by atoms with van der Waals surface area (Å²) in [5.74, 6) is -1.18. The Morgan fingerprint density at radius 2 is 1.61 bits per heavy atom. The van der Waals surface area contributed by atoms with Crippen LogP contribution in [0.2, 0.25) is 0 Å². The molecule has 0 aliphatic carbocycles. The van der Waals surface area contributed by atoms with E-state index in [1.165, 1.54) is 37.5 Å². The zero-order valence-corrected chi connectivity index (χ0v) is 21.1. The fourth-order valence-corrected chi connectivity index (χ4v) is 3.43. The Kier molecular flexibility index (Phi) is 8.97. The maximum Gasteiger partial charge on any atom is 0.337 e. The summed E-state index contributed by atoms with van der Waals surface area (Å²) in [6.07, 6.45) is 1.37. The molecule has 0 aliphatic rings. The van der Waals surface area contributed by atoms with Crippen molar-refractivity contribution in [2.45, 2.75) is 6.92 Å². The van der Waals surface area contributed by atoms with Crippen molar-refractivity contribution in [3.05, 3.63) is 93.5 Å². The Labute approximate surface area is 216 Å². The van der Waals surface area contributed by atoms with Crippen molar-refractivity contribution in [3.63, 3.8) is 0 Å². The Morgan fingerprint density at radius 1 is 0.972 bits per heavy atom. The van der Waals surface area contributed by atoms with Gasteiger partial charge < -0.3 is 20.1 Å². The largest absolute Gasteiger partial charge is 0.483 e. The number of halogens is 1. The molecule has 9 heteroatoms. The third-order valence-electron chi connectivity index (χ3n) is 4.89. The molecule has 8 nitrogen and oxygen atoms in total. The summed E-state index contributed by atoms with van der Waals surface area (Å²) in [4.78, 5) is 36.6. The van der Waals surface area contributed by atoms with E-state index in [-0.39, 0.29) is 18.1 Å². The van der Waals surface area contributed by atoms with Gasteiger partial charge in [0.1, 0.15) is 17.4 Å². The van der Waals surface area contributed by atoms with Crippen LogP contribution < -0.4 is 15.4 Å². The molecule has 2 N–H and O–H groups in total. The van der Waals surface area contributed by atoms with Crippen LogP contribution >= 0.6 is 15.9 Å².